The molecule has 0 aromatic carbocycles. The summed E-state index contributed by atoms with van der Waals surface area (Å²) >= 11 is 3.20. The Labute approximate surface area is 78.4 Å². The van der Waals surface area contributed by atoms with Crippen LogP contribution in [0.15, 0.2) is 16.9 Å². The van der Waals surface area contributed by atoms with Crippen molar-refractivity contribution in [2.75, 3.05) is 12.1 Å². The van der Waals surface area contributed by atoms with E-state index in [-0.39, 0.29) is 6.61 Å². The highest BCUT2D eigenvalue weighted by Gasteiger charge is 1.92. The van der Waals surface area contributed by atoms with Crippen molar-refractivity contribution in [1.82, 2.24) is 9.97 Å². The van der Waals surface area contributed by atoms with Crippen LogP contribution in [0.4, 0.5) is 5.95 Å². The molecule has 62 valence electrons. The fourth-order valence-corrected chi connectivity index (χ4v) is 0.712. The van der Waals surface area contributed by atoms with Gasteiger partial charge in [0.25, 0.3) is 0 Å². The molecule has 0 bridgehead atoms. The minimum absolute atomic E-state index is 0.180. The number of nitrogens with one attached hydrogen (secondary N) is 1. The van der Waals surface area contributed by atoms with Crippen LogP contribution in [0.5, 0.6) is 0 Å². The Morgan fingerprint density at radius 1 is 1.58 bits per heavy atom. The van der Waals surface area contributed by atoms with Crippen molar-refractivity contribution in [3.8, 4) is 12.3 Å². The Kier molecular flexibility index (Phi) is 3.51. The number of nitrogens with zero attached hydrogens (tertiary/aromatic N) is 2. The molecule has 0 unspecified atom stereocenters. The van der Waals surface area contributed by atoms with E-state index in [0.29, 0.717) is 5.95 Å². The normalized spacial score (nSPS) is 9.00. The first-order valence-electron chi connectivity index (χ1n) is 3.11. The lowest BCUT2D eigenvalue weighted by Crippen LogP contribution is -2.04. The highest BCUT2D eigenvalue weighted by atomic mass is 79.9. The zero-order valence-electron chi connectivity index (χ0n) is 6.12. The van der Waals surface area contributed by atoms with E-state index >= 15 is 0 Å². The largest absolute Gasteiger partial charge is 0.261 e. The second-order valence-electron chi connectivity index (χ2n) is 1.82. The van der Waals surface area contributed by atoms with E-state index in [1.807, 2.05) is 0 Å². The molecule has 0 aliphatic rings. The summed E-state index contributed by atoms with van der Waals surface area (Å²) in [4.78, 5) is 12.6. The first-order chi connectivity index (χ1) is 5.83. The van der Waals surface area contributed by atoms with Crippen LogP contribution in [0.3, 0.4) is 0 Å². The molecular formula is C7H6BrN3O. The maximum Gasteiger partial charge on any atom is 0.247 e. The van der Waals surface area contributed by atoms with Gasteiger partial charge in [0.05, 0.1) is 4.47 Å². The quantitative estimate of drug-likeness (QED) is 0.480. The number of aromatic nitrogens is 2. The van der Waals surface area contributed by atoms with Crippen molar-refractivity contribution in [2.45, 2.75) is 0 Å². The average molecular weight is 228 g/mol. The van der Waals surface area contributed by atoms with E-state index in [1.54, 1.807) is 12.4 Å². The van der Waals surface area contributed by atoms with Crippen LogP contribution < -0.4 is 5.48 Å². The molecule has 0 aliphatic heterocycles. The average Bonchev–Trinajstić information content (AvgIpc) is 2.09. The van der Waals surface area contributed by atoms with E-state index in [1.165, 1.54) is 0 Å². The summed E-state index contributed by atoms with van der Waals surface area (Å²) in [5.41, 5.74) is 2.49. The van der Waals surface area contributed by atoms with Gasteiger partial charge < -0.3 is 0 Å². The van der Waals surface area contributed by atoms with Gasteiger partial charge in [0, 0.05) is 12.4 Å². The Hall–Kier alpha value is -1.12. The molecule has 0 saturated carbocycles. The van der Waals surface area contributed by atoms with Gasteiger partial charge >= 0.3 is 0 Å². The van der Waals surface area contributed by atoms with Crippen LogP contribution in [0.1, 0.15) is 0 Å². The molecule has 1 N–H and O–H groups in total. The Bertz CT molecular complexity index is 280. The van der Waals surface area contributed by atoms with Crippen LogP contribution in [0, 0.1) is 12.3 Å². The van der Waals surface area contributed by atoms with E-state index in [9.17, 15) is 0 Å². The lowest BCUT2D eigenvalue weighted by atomic mass is 10.7. The predicted octanol–water partition coefficient (Wildman–Crippen LogP) is 1.22. The molecular weight excluding hydrogens is 222 g/mol. The number of halogens is 1. The maximum atomic E-state index is 4.95. The van der Waals surface area contributed by atoms with Gasteiger partial charge in [-0.3, -0.25) is 4.84 Å². The first-order valence-corrected chi connectivity index (χ1v) is 3.91. The summed E-state index contributed by atoms with van der Waals surface area (Å²) in [7, 11) is 0. The Balaban J connectivity index is 2.43. The molecule has 0 radical (unpaired) electrons. The molecule has 12 heavy (non-hydrogen) atoms. The van der Waals surface area contributed by atoms with Crippen LogP contribution >= 0.6 is 15.9 Å². The topological polar surface area (TPSA) is 47.0 Å². The predicted molar refractivity (Wildman–Crippen MR) is 48.1 cm³/mol. The van der Waals surface area contributed by atoms with Crippen molar-refractivity contribution in [3.63, 3.8) is 0 Å². The fraction of sp³-hybridized carbons (Fsp3) is 0.143. The molecule has 0 spiro atoms. The molecule has 1 heterocycles. The van der Waals surface area contributed by atoms with Gasteiger partial charge in [-0.25, -0.2) is 15.4 Å². The highest BCUT2D eigenvalue weighted by Crippen LogP contribution is 2.06. The van der Waals surface area contributed by atoms with Crippen LogP contribution in [-0.2, 0) is 4.84 Å². The summed E-state index contributed by atoms with van der Waals surface area (Å²) in [5.74, 6) is 2.68. The van der Waals surface area contributed by atoms with Gasteiger partial charge in [0.1, 0.15) is 6.61 Å². The number of rotatable bonds is 3. The van der Waals surface area contributed by atoms with Crippen molar-refractivity contribution >= 4 is 21.9 Å². The molecule has 0 saturated heterocycles. The van der Waals surface area contributed by atoms with Gasteiger partial charge in [-0.2, -0.15) is 0 Å². The van der Waals surface area contributed by atoms with Gasteiger partial charge in [-0.05, 0) is 15.9 Å². The standard InChI is InChI=1S/C7H6BrN3O/c1-2-3-12-11-7-9-4-6(8)5-10-7/h1,4-5H,3H2,(H,9,10,11). The Morgan fingerprint density at radius 3 is 2.83 bits per heavy atom. The zero-order chi connectivity index (χ0) is 8.81. The van der Waals surface area contributed by atoms with Crippen LogP contribution in [-0.4, -0.2) is 16.6 Å². The van der Waals surface area contributed by atoms with E-state index in [2.05, 4.69) is 37.3 Å². The molecule has 4 nitrogen and oxygen atoms in total. The molecule has 0 amide bonds. The summed E-state index contributed by atoms with van der Waals surface area (Å²) in [6.45, 7) is 0.180. The number of hydrogen-bond acceptors (Lipinski definition) is 4. The van der Waals surface area contributed by atoms with Gasteiger partial charge in [0.15, 0.2) is 0 Å². The summed E-state index contributed by atoms with van der Waals surface area (Å²) in [6.07, 6.45) is 8.16. The highest BCUT2D eigenvalue weighted by molar-refractivity contribution is 9.10. The molecule has 0 atom stereocenters. The Morgan fingerprint density at radius 2 is 2.25 bits per heavy atom. The molecule has 0 aliphatic carbocycles. The van der Waals surface area contributed by atoms with E-state index in [4.69, 9.17) is 11.3 Å². The van der Waals surface area contributed by atoms with Gasteiger partial charge in [-0.15, -0.1) is 6.42 Å². The maximum absolute atomic E-state index is 4.95. The minimum Gasteiger partial charge on any atom is -0.261 e. The molecule has 1 aromatic rings. The summed E-state index contributed by atoms with van der Waals surface area (Å²) in [6, 6.07) is 0. The van der Waals surface area contributed by atoms with Crippen LogP contribution in [0.2, 0.25) is 0 Å². The van der Waals surface area contributed by atoms with E-state index < -0.39 is 0 Å². The lowest BCUT2D eigenvalue weighted by molar-refractivity contribution is 0.230. The third-order valence-corrected chi connectivity index (χ3v) is 1.35. The van der Waals surface area contributed by atoms with Crippen molar-refractivity contribution in [1.29, 1.82) is 0 Å². The fourth-order valence-electron chi connectivity index (χ4n) is 0.507. The third-order valence-electron chi connectivity index (χ3n) is 0.939. The SMILES string of the molecule is C#CCONc1ncc(Br)cn1. The second kappa shape index (κ2) is 4.70. The molecule has 0 fully saturated rings. The smallest absolute Gasteiger partial charge is 0.247 e. The third kappa shape index (κ3) is 2.86. The minimum atomic E-state index is 0.180. The number of hydrogen-bond donors (Lipinski definition) is 1. The molecule has 1 rings (SSSR count). The van der Waals surface area contributed by atoms with Crippen molar-refractivity contribution < 1.29 is 4.84 Å². The van der Waals surface area contributed by atoms with E-state index in [0.717, 1.165) is 4.47 Å². The van der Waals surface area contributed by atoms with Gasteiger partial charge in [-0.1, -0.05) is 5.92 Å². The first kappa shape index (κ1) is 8.97. The summed E-state index contributed by atoms with van der Waals surface area (Å²) < 4.78 is 0.810. The number of anilines is 1. The monoisotopic (exact) mass is 227 g/mol. The van der Waals surface area contributed by atoms with Gasteiger partial charge in [0.2, 0.25) is 5.95 Å². The molecule has 1 aromatic heterocycles. The van der Waals surface area contributed by atoms with Crippen molar-refractivity contribution in [3.05, 3.63) is 16.9 Å². The second-order valence-corrected chi connectivity index (χ2v) is 2.74. The molecule has 5 heteroatoms. The number of terminal acetylenes is 1. The lowest BCUT2D eigenvalue weighted by Gasteiger charge is -2.00. The summed E-state index contributed by atoms with van der Waals surface area (Å²) in [5, 5.41) is 0. The van der Waals surface area contributed by atoms with Crippen LogP contribution in [0.25, 0.3) is 0 Å². The zero-order valence-corrected chi connectivity index (χ0v) is 7.71. The van der Waals surface area contributed by atoms with Crippen molar-refractivity contribution in [2.24, 2.45) is 0 Å².